The molecule has 21 heavy (non-hydrogen) atoms. The molecule has 0 saturated carbocycles. The highest BCUT2D eigenvalue weighted by Crippen LogP contribution is 2.16. The van der Waals surface area contributed by atoms with E-state index in [1.165, 1.54) is 6.92 Å². The first kappa shape index (κ1) is 17.4. The summed E-state index contributed by atoms with van der Waals surface area (Å²) in [5.41, 5.74) is 0.00821. The first-order valence-corrected chi connectivity index (χ1v) is 6.91. The second-order valence-corrected chi connectivity index (χ2v) is 4.85. The Morgan fingerprint density at radius 3 is 2.43 bits per heavy atom. The largest absolute Gasteiger partial charge is 0.490 e. The molecular weight excluding hydrogens is 302 g/mol. The predicted octanol–water partition coefficient (Wildman–Crippen LogP) is 4.60. The monoisotopic (exact) mass is 318 g/mol. The number of esters is 1. The van der Waals surface area contributed by atoms with Crippen molar-refractivity contribution < 1.29 is 23.0 Å². The molecule has 0 unspecified atom stereocenters. The molecular formula is C15H17ClF2O3. The third-order valence-corrected chi connectivity index (χ3v) is 2.94. The van der Waals surface area contributed by atoms with Gasteiger partial charge in [-0.2, -0.15) is 8.78 Å². The summed E-state index contributed by atoms with van der Waals surface area (Å²) in [6.45, 7) is 1.69. The lowest BCUT2D eigenvalue weighted by Crippen LogP contribution is -2.12. The Bertz CT molecular complexity index is 482. The van der Waals surface area contributed by atoms with E-state index in [-0.39, 0.29) is 31.6 Å². The van der Waals surface area contributed by atoms with Gasteiger partial charge in [0.15, 0.2) is 0 Å². The summed E-state index contributed by atoms with van der Waals surface area (Å²) in [6, 6.07) is 6.82. The number of allylic oxidation sites excluding steroid dienone is 1. The van der Waals surface area contributed by atoms with Crippen LogP contribution in [0.5, 0.6) is 5.75 Å². The Balaban J connectivity index is 2.11. The fourth-order valence-corrected chi connectivity index (χ4v) is 1.64. The molecule has 0 N–H and O–H groups in total. The van der Waals surface area contributed by atoms with E-state index in [1.807, 2.05) is 0 Å². The number of carbonyl (C=O) groups is 1. The molecule has 116 valence electrons. The number of ether oxygens (including phenoxy) is 2. The minimum atomic E-state index is -1.68. The van der Waals surface area contributed by atoms with E-state index >= 15 is 0 Å². The van der Waals surface area contributed by atoms with Crippen LogP contribution in [0.4, 0.5) is 8.78 Å². The maximum atomic E-state index is 12.1. The average molecular weight is 319 g/mol. The first-order chi connectivity index (χ1) is 9.99. The van der Waals surface area contributed by atoms with Gasteiger partial charge in [0.2, 0.25) is 0 Å². The Hall–Kier alpha value is -1.62. The smallest absolute Gasteiger partial charge is 0.305 e. The van der Waals surface area contributed by atoms with Gasteiger partial charge in [-0.05, 0) is 49.6 Å². The molecule has 0 aliphatic carbocycles. The van der Waals surface area contributed by atoms with Crippen LogP contribution in [0.3, 0.4) is 0 Å². The van der Waals surface area contributed by atoms with E-state index in [0.29, 0.717) is 17.2 Å². The van der Waals surface area contributed by atoms with Gasteiger partial charge in [-0.15, -0.1) is 0 Å². The van der Waals surface area contributed by atoms with Crippen LogP contribution in [0, 0.1) is 0 Å². The van der Waals surface area contributed by atoms with Gasteiger partial charge in [0, 0.05) is 11.4 Å². The first-order valence-electron chi connectivity index (χ1n) is 6.54. The number of carbonyl (C=O) groups excluding carboxylic acids is 1. The lowest BCUT2D eigenvalue weighted by atomic mass is 10.1. The van der Waals surface area contributed by atoms with Crippen LogP contribution in [0.15, 0.2) is 35.9 Å². The zero-order valence-electron chi connectivity index (χ0n) is 11.7. The zero-order valence-corrected chi connectivity index (χ0v) is 12.5. The lowest BCUT2D eigenvalue weighted by Gasteiger charge is -2.07. The topological polar surface area (TPSA) is 35.5 Å². The molecule has 0 aliphatic rings. The molecule has 0 aliphatic heterocycles. The quantitative estimate of drug-likeness (QED) is 0.519. The molecule has 0 radical (unpaired) electrons. The van der Waals surface area contributed by atoms with Crippen LogP contribution in [-0.4, -0.2) is 19.2 Å². The lowest BCUT2D eigenvalue weighted by molar-refractivity contribution is -0.144. The molecule has 0 saturated heterocycles. The standard InChI is InChI=1S/C15H17ClF2O3/c1-11(15(17)18)3-2-4-14(19)21-10-9-20-13-7-5-12(16)6-8-13/h5-8H,2-4,9-10H2,1H3. The van der Waals surface area contributed by atoms with Crippen molar-refractivity contribution in [3.05, 3.63) is 40.9 Å². The molecule has 0 heterocycles. The summed E-state index contributed by atoms with van der Waals surface area (Å²) in [4.78, 5) is 11.4. The Labute approximate surface area is 127 Å². The summed E-state index contributed by atoms with van der Waals surface area (Å²) in [6.07, 6.45) is -1.02. The summed E-state index contributed by atoms with van der Waals surface area (Å²) in [7, 11) is 0. The van der Waals surface area contributed by atoms with E-state index in [1.54, 1.807) is 24.3 Å². The van der Waals surface area contributed by atoms with Crippen molar-refractivity contribution in [1.29, 1.82) is 0 Å². The van der Waals surface area contributed by atoms with Crippen LogP contribution in [0.25, 0.3) is 0 Å². The van der Waals surface area contributed by atoms with Crippen LogP contribution >= 0.6 is 11.6 Å². The summed E-state index contributed by atoms with van der Waals surface area (Å²) in [5.74, 6) is 0.219. The average Bonchev–Trinajstić information content (AvgIpc) is 2.45. The van der Waals surface area contributed by atoms with E-state index in [9.17, 15) is 13.6 Å². The third kappa shape index (κ3) is 7.66. The Morgan fingerprint density at radius 1 is 1.14 bits per heavy atom. The molecule has 0 bridgehead atoms. The Morgan fingerprint density at radius 2 is 1.81 bits per heavy atom. The summed E-state index contributed by atoms with van der Waals surface area (Å²) >= 11 is 5.73. The van der Waals surface area contributed by atoms with Gasteiger partial charge in [0.25, 0.3) is 6.08 Å². The van der Waals surface area contributed by atoms with Crippen molar-refractivity contribution in [3.63, 3.8) is 0 Å². The number of hydrogen-bond acceptors (Lipinski definition) is 3. The van der Waals surface area contributed by atoms with Crippen molar-refractivity contribution in [2.24, 2.45) is 0 Å². The summed E-state index contributed by atoms with van der Waals surface area (Å²) in [5, 5.41) is 0.614. The highest BCUT2D eigenvalue weighted by atomic mass is 35.5. The minimum Gasteiger partial charge on any atom is -0.490 e. The molecule has 3 nitrogen and oxygen atoms in total. The Kier molecular flexibility index (Phi) is 7.75. The number of hydrogen-bond donors (Lipinski definition) is 0. The highest BCUT2D eigenvalue weighted by molar-refractivity contribution is 6.30. The van der Waals surface area contributed by atoms with Crippen LogP contribution in [0.2, 0.25) is 5.02 Å². The maximum Gasteiger partial charge on any atom is 0.305 e. The van der Waals surface area contributed by atoms with Crippen molar-refractivity contribution in [3.8, 4) is 5.75 Å². The molecule has 1 rings (SSSR count). The van der Waals surface area contributed by atoms with E-state index in [4.69, 9.17) is 21.1 Å². The normalized spacial score (nSPS) is 10.1. The van der Waals surface area contributed by atoms with E-state index in [2.05, 4.69) is 0 Å². The van der Waals surface area contributed by atoms with Gasteiger partial charge in [-0.25, -0.2) is 0 Å². The molecule has 1 aromatic rings. The van der Waals surface area contributed by atoms with Crippen molar-refractivity contribution in [2.45, 2.75) is 26.2 Å². The fourth-order valence-electron chi connectivity index (χ4n) is 1.51. The molecule has 0 fully saturated rings. The molecule has 0 atom stereocenters. The predicted molar refractivity (Wildman–Crippen MR) is 76.7 cm³/mol. The van der Waals surface area contributed by atoms with Crippen molar-refractivity contribution in [2.75, 3.05) is 13.2 Å². The van der Waals surface area contributed by atoms with Crippen molar-refractivity contribution in [1.82, 2.24) is 0 Å². The minimum absolute atomic E-state index is 0.00821. The molecule has 1 aromatic carbocycles. The second-order valence-electron chi connectivity index (χ2n) is 4.42. The van der Waals surface area contributed by atoms with Gasteiger partial charge in [-0.1, -0.05) is 11.6 Å². The fraction of sp³-hybridized carbons (Fsp3) is 0.400. The number of benzene rings is 1. The zero-order chi connectivity index (χ0) is 15.7. The molecule has 0 spiro atoms. The van der Waals surface area contributed by atoms with Crippen LogP contribution in [0.1, 0.15) is 26.2 Å². The SMILES string of the molecule is CC(CCCC(=O)OCCOc1ccc(Cl)cc1)=C(F)F. The second kappa shape index (κ2) is 9.34. The van der Waals surface area contributed by atoms with Gasteiger partial charge in [0.1, 0.15) is 19.0 Å². The molecule has 0 aromatic heterocycles. The van der Waals surface area contributed by atoms with Crippen LogP contribution in [-0.2, 0) is 9.53 Å². The van der Waals surface area contributed by atoms with Crippen LogP contribution < -0.4 is 4.74 Å². The highest BCUT2D eigenvalue weighted by Gasteiger charge is 2.05. The van der Waals surface area contributed by atoms with E-state index < -0.39 is 12.0 Å². The van der Waals surface area contributed by atoms with E-state index in [0.717, 1.165) is 0 Å². The molecule has 0 amide bonds. The van der Waals surface area contributed by atoms with Gasteiger partial charge >= 0.3 is 5.97 Å². The number of rotatable bonds is 8. The maximum absolute atomic E-state index is 12.1. The van der Waals surface area contributed by atoms with Crippen molar-refractivity contribution >= 4 is 17.6 Å². The third-order valence-electron chi connectivity index (χ3n) is 2.68. The van der Waals surface area contributed by atoms with Gasteiger partial charge in [0.05, 0.1) is 0 Å². The van der Waals surface area contributed by atoms with Gasteiger partial charge in [-0.3, -0.25) is 4.79 Å². The number of halogens is 3. The molecule has 6 heteroatoms. The summed E-state index contributed by atoms with van der Waals surface area (Å²) < 4.78 is 34.5. The van der Waals surface area contributed by atoms with Gasteiger partial charge < -0.3 is 9.47 Å².